The van der Waals surface area contributed by atoms with Crippen LogP contribution in [0.4, 0.5) is 0 Å². The molecule has 2 rings (SSSR count). The largest absolute Gasteiger partial charge is 0.336 e. The molecule has 23 heavy (non-hydrogen) atoms. The molecule has 0 aromatic carbocycles. The lowest BCUT2D eigenvalue weighted by molar-refractivity contribution is -0.135. The number of hydrogen-bond donors (Lipinski definition) is 1. The SMILES string of the molecule is CCN(Cc1ccc(Cl)s1)C(=O)C1(S(C)(=O)=O)CCNCC1.Cl. The zero-order valence-electron chi connectivity index (χ0n) is 13.2. The highest BCUT2D eigenvalue weighted by molar-refractivity contribution is 7.92. The molecule has 0 atom stereocenters. The van der Waals surface area contributed by atoms with Crippen LogP contribution in [0.2, 0.25) is 4.34 Å². The normalized spacial score (nSPS) is 17.3. The van der Waals surface area contributed by atoms with Crippen molar-refractivity contribution in [3.05, 3.63) is 21.3 Å². The van der Waals surface area contributed by atoms with Crippen LogP contribution in [0.25, 0.3) is 0 Å². The van der Waals surface area contributed by atoms with E-state index >= 15 is 0 Å². The lowest BCUT2D eigenvalue weighted by Crippen LogP contribution is -2.58. The molecule has 1 saturated heterocycles. The zero-order chi connectivity index (χ0) is 16.4. The van der Waals surface area contributed by atoms with Gasteiger partial charge < -0.3 is 10.2 Å². The van der Waals surface area contributed by atoms with Crippen LogP contribution in [0.3, 0.4) is 0 Å². The molecule has 0 bridgehead atoms. The molecule has 9 heteroatoms. The van der Waals surface area contributed by atoms with Crippen molar-refractivity contribution in [2.75, 3.05) is 25.9 Å². The summed E-state index contributed by atoms with van der Waals surface area (Å²) in [5.41, 5.74) is 0. The topological polar surface area (TPSA) is 66.5 Å². The number of carbonyl (C=O) groups is 1. The van der Waals surface area contributed by atoms with Gasteiger partial charge in [-0.2, -0.15) is 0 Å². The summed E-state index contributed by atoms with van der Waals surface area (Å²) in [6.07, 6.45) is 1.82. The molecule has 1 fully saturated rings. The van der Waals surface area contributed by atoms with Crippen molar-refractivity contribution in [1.29, 1.82) is 0 Å². The summed E-state index contributed by atoms with van der Waals surface area (Å²) in [6.45, 7) is 3.82. The van der Waals surface area contributed by atoms with E-state index in [4.69, 9.17) is 11.6 Å². The first-order valence-electron chi connectivity index (χ1n) is 7.24. The van der Waals surface area contributed by atoms with Crippen LogP contribution in [0.15, 0.2) is 12.1 Å². The second kappa shape index (κ2) is 8.16. The van der Waals surface area contributed by atoms with Gasteiger partial charge in [0.2, 0.25) is 5.91 Å². The summed E-state index contributed by atoms with van der Waals surface area (Å²) in [5, 5.41) is 3.13. The van der Waals surface area contributed by atoms with Crippen LogP contribution in [0.5, 0.6) is 0 Å². The molecule has 0 unspecified atom stereocenters. The van der Waals surface area contributed by atoms with E-state index in [-0.39, 0.29) is 18.3 Å². The van der Waals surface area contributed by atoms with Gasteiger partial charge in [0.25, 0.3) is 0 Å². The summed E-state index contributed by atoms with van der Waals surface area (Å²) in [6, 6.07) is 3.66. The van der Waals surface area contributed by atoms with Gasteiger partial charge in [0.05, 0.1) is 10.9 Å². The van der Waals surface area contributed by atoms with Gasteiger partial charge in [-0.05, 0) is 45.0 Å². The van der Waals surface area contributed by atoms with Crippen LogP contribution >= 0.6 is 35.3 Å². The van der Waals surface area contributed by atoms with Crippen molar-refractivity contribution >= 4 is 51.1 Å². The van der Waals surface area contributed by atoms with Crippen LogP contribution < -0.4 is 5.32 Å². The minimum absolute atomic E-state index is 0. The Balaban J connectivity index is 0.00000264. The van der Waals surface area contributed by atoms with Crippen molar-refractivity contribution in [3.8, 4) is 0 Å². The lowest BCUT2D eigenvalue weighted by Gasteiger charge is -2.38. The number of rotatable bonds is 5. The molecular formula is C14H22Cl2N2O3S2. The zero-order valence-corrected chi connectivity index (χ0v) is 16.4. The number of nitrogens with zero attached hydrogens (tertiary/aromatic N) is 1. The molecule has 132 valence electrons. The number of hydrogen-bond acceptors (Lipinski definition) is 5. The van der Waals surface area contributed by atoms with Crippen molar-refractivity contribution in [2.24, 2.45) is 0 Å². The average Bonchev–Trinajstić information content (AvgIpc) is 2.89. The predicted molar refractivity (Wildman–Crippen MR) is 97.3 cm³/mol. The average molecular weight is 401 g/mol. The predicted octanol–water partition coefficient (Wildman–Crippen LogP) is 2.34. The van der Waals surface area contributed by atoms with E-state index in [1.54, 1.807) is 11.0 Å². The van der Waals surface area contributed by atoms with E-state index in [9.17, 15) is 13.2 Å². The van der Waals surface area contributed by atoms with Gasteiger partial charge in [0.1, 0.15) is 0 Å². The van der Waals surface area contributed by atoms with Crippen molar-refractivity contribution in [2.45, 2.75) is 31.1 Å². The van der Waals surface area contributed by atoms with E-state index < -0.39 is 14.6 Å². The highest BCUT2D eigenvalue weighted by Crippen LogP contribution is 2.31. The molecule has 1 aliphatic rings. The Morgan fingerprint density at radius 2 is 2.00 bits per heavy atom. The Hall–Kier alpha value is -0.340. The smallest absolute Gasteiger partial charge is 0.244 e. The van der Waals surface area contributed by atoms with Gasteiger partial charge in [0, 0.05) is 17.7 Å². The third-order valence-corrected chi connectivity index (χ3v) is 7.37. The van der Waals surface area contributed by atoms with E-state index in [1.807, 2.05) is 13.0 Å². The minimum atomic E-state index is -3.48. The van der Waals surface area contributed by atoms with E-state index in [0.717, 1.165) is 4.88 Å². The third-order valence-electron chi connectivity index (χ3n) is 4.16. The molecule has 0 spiro atoms. The number of piperidine rings is 1. The van der Waals surface area contributed by atoms with Gasteiger partial charge >= 0.3 is 0 Å². The third kappa shape index (κ3) is 4.39. The highest BCUT2D eigenvalue weighted by atomic mass is 35.5. The molecule has 1 aliphatic heterocycles. The van der Waals surface area contributed by atoms with Crippen molar-refractivity contribution in [1.82, 2.24) is 10.2 Å². The van der Waals surface area contributed by atoms with Gasteiger partial charge in [-0.25, -0.2) is 8.42 Å². The first kappa shape index (κ1) is 20.7. The van der Waals surface area contributed by atoms with E-state index in [2.05, 4.69) is 5.32 Å². The van der Waals surface area contributed by atoms with Gasteiger partial charge in [-0.3, -0.25) is 4.79 Å². The van der Waals surface area contributed by atoms with Crippen LogP contribution in [0, 0.1) is 0 Å². The summed E-state index contributed by atoms with van der Waals surface area (Å²) in [5.74, 6) is -0.288. The maximum absolute atomic E-state index is 13.0. The number of halogens is 2. The summed E-state index contributed by atoms with van der Waals surface area (Å²) >= 11 is 7.34. The van der Waals surface area contributed by atoms with E-state index in [1.165, 1.54) is 17.6 Å². The molecular weight excluding hydrogens is 379 g/mol. The number of amides is 1. The first-order valence-corrected chi connectivity index (χ1v) is 10.3. The Morgan fingerprint density at radius 1 is 1.39 bits per heavy atom. The van der Waals surface area contributed by atoms with Crippen LogP contribution in [-0.4, -0.2) is 49.9 Å². The Labute approximate surface area is 152 Å². The number of sulfone groups is 1. The maximum Gasteiger partial charge on any atom is 0.244 e. The lowest BCUT2D eigenvalue weighted by atomic mass is 9.95. The first-order chi connectivity index (χ1) is 10.3. The van der Waals surface area contributed by atoms with Gasteiger partial charge in [-0.1, -0.05) is 11.6 Å². The fourth-order valence-electron chi connectivity index (χ4n) is 2.81. The molecule has 5 nitrogen and oxygen atoms in total. The number of thiophene rings is 1. The fraction of sp³-hybridized carbons (Fsp3) is 0.643. The summed E-state index contributed by atoms with van der Waals surface area (Å²) in [4.78, 5) is 15.6. The van der Waals surface area contributed by atoms with Gasteiger partial charge in [0.15, 0.2) is 14.6 Å². The molecule has 0 saturated carbocycles. The number of carbonyl (C=O) groups excluding carboxylic acids is 1. The molecule has 1 aromatic rings. The molecule has 1 aromatic heterocycles. The monoisotopic (exact) mass is 400 g/mol. The van der Waals surface area contributed by atoms with E-state index in [0.29, 0.717) is 43.4 Å². The minimum Gasteiger partial charge on any atom is -0.336 e. The molecule has 2 heterocycles. The summed E-state index contributed by atoms with van der Waals surface area (Å²) < 4.78 is 24.0. The van der Waals surface area contributed by atoms with Crippen LogP contribution in [0.1, 0.15) is 24.6 Å². The van der Waals surface area contributed by atoms with Crippen molar-refractivity contribution in [3.63, 3.8) is 0 Å². The Kier molecular flexibility index (Phi) is 7.35. The van der Waals surface area contributed by atoms with Crippen molar-refractivity contribution < 1.29 is 13.2 Å². The second-order valence-electron chi connectivity index (χ2n) is 5.54. The van der Waals surface area contributed by atoms with Gasteiger partial charge in [-0.15, -0.1) is 23.7 Å². The Bertz CT molecular complexity index is 640. The fourth-order valence-corrected chi connectivity index (χ4v) is 5.31. The molecule has 0 radical (unpaired) electrons. The highest BCUT2D eigenvalue weighted by Gasteiger charge is 2.50. The molecule has 1 amide bonds. The molecule has 1 N–H and O–H groups in total. The second-order valence-corrected chi connectivity index (χ2v) is 9.67. The standard InChI is InChI=1S/C14H21ClN2O3S2.ClH/c1-3-17(10-11-4-5-12(15)21-11)13(18)14(22(2,19)20)6-8-16-9-7-14;/h4-5,16H,3,6-10H2,1-2H3;1H. The maximum atomic E-state index is 13.0. The summed E-state index contributed by atoms with van der Waals surface area (Å²) in [7, 11) is -3.48. The quantitative estimate of drug-likeness (QED) is 0.823. The Morgan fingerprint density at radius 3 is 2.43 bits per heavy atom. The van der Waals surface area contributed by atoms with Crippen LogP contribution in [-0.2, 0) is 21.2 Å². The number of nitrogens with one attached hydrogen (secondary N) is 1. The molecule has 0 aliphatic carbocycles.